The predicted octanol–water partition coefficient (Wildman–Crippen LogP) is 2.66. The lowest BCUT2D eigenvalue weighted by molar-refractivity contribution is 0.00858. The maximum atomic E-state index is 12.5. The molecule has 0 saturated carbocycles. The first kappa shape index (κ1) is 16.7. The van der Waals surface area contributed by atoms with E-state index < -0.39 is 10.0 Å². The molecule has 1 aromatic carbocycles. The van der Waals surface area contributed by atoms with Gasteiger partial charge in [0.05, 0.1) is 11.0 Å². The summed E-state index contributed by atoms with van der Waals surface area (Å²) < 4.78 is 32.0. The molecule has 1 aromatic rings. The molecule has 0 N–H and O–H groups in total. The molecule has 118 valence electrons. The van der Waals surface area contributed by atoms with Crippen molar-refractivity contribution < 1.29 is 13.2 Å². The topological polar surface area (TPSA) is 46.6 Å². The van der Waals surface area contributed by atoms with Gasteiger partial charge in [0.1, 0.15) is 0 Å². The van der Waals surface area contributed by atoms with Crippen molar-refractivity contribution >= 4 is 21.6 Å². The number of likely N-dealkylation sites (N-methyl/N-ethyl adjacent to an activating group) is 1. The van der Waals surface area contributed by atoms with E-state index in [-0.39, 0.29) is 6.10 Å². The molecule has 0 radical (unpaired) electrons. The molecule has 1 saturated heterocycles. The smallest absolute Gasteiger partial charge is 0.242 e. The number of alkyl halides is 1. The van der Waals surface area contributed by atoms with Crippen molar-refractivity contribution in [2.45, 2.75) is 36.7 Å². The third-order valence-corrected chi connectivity index (χ3v) is 5.78. The summed E-state index contributed by atoms with van der Waals surface area (Å²) in [6, 6.07) is 6.94. The van der Waals surface area contributed by atoms with Crippen molar-refractivity contribution in [3.8, 4) is 0 Å². The molecule has 1 aliphatic heterocycles. The van der Waals surface area contributed by atoms with Crippen LogP contribution in [0.3, 0.4) is 0 Å². The first-order chi connectivity index (χ1) is 10.0. The Labute approximate surface area is 132 Å². The van der Waals surface area contributed by atoms with Crippen LogP contribution in [0, 0.1) is 0 Å². The quantitative estimate of drug-likeness (QED) is 0.753. The van der Waals surface area contributed by atoms with Crippen molar-refractivity contribution in [3.63, 3.8) is 0 Å². The van der Waals surface area contributed by atoms with Crippen molar-refractivity contribution in [3.05, 3.63) is 29.8 Å². The van der Waals surface area contributed by atoms with Gasteiger partial charge in [-0.25, -0.2) is 8.42 Å². The Kier molecular flexibility index (Phi) is 6.05. The Morgan fingerprint density at radius 1 is 1.29 bits per heavy atom. The molecule has 1 fully saturated rings. The highest BCUT2D eigenvalue weighted by molar-refractivity contribution is 7.89. The van der Waals surface area contributed by atoms with E-state index in [0.29, 0.717) is 17.3 Å². The molecule has 1 unspecified atom stereocenters. The second kappa shape index (κ2) is 7.58. The molecular weight excluding hydrogens is 310 g/mol. The fourth-order valence-corrected chi connectivity index (χ4v) is 3.87. The Hall–Kier alpha value is -0.620. The molecule has 6 heteroatoms. The summed E-state index contributed by atoms with van der Waals surface area (Å²) >= 11 is 5.68. The lowest BCUT2D eigenvalue weighted by atomic mass is 10.1. The standard InChI is InChI=1S/C15H22ClNO3S/c1-17(12-14-4-2-3-11-20-14)21(18,19)15-7-5-13(6-8-15)9-10-16/h5-8,14H,2-4,9-12H2,1H3. The van der Waals surface area contributed by atoms with Crippen LogP contribution in [0.1, 0.15) is 24.8 Å². The zero-order valence-electron chi connectivity index (χ0n) is 12.3. The van der Waals surface area contributed by atoms with Crippen LogP contribution in [0.2, 0.25) is 0 Å². The first-order valence-corrected chi connectivity index (χ1v) is 9.24. The highest BCUT2D eigenvalue weighted by Crippen LogP contribution is 2.19. The van der Waals surface area contributed by atoms with E-state index in [1.165, 1.54) is 4.31 Å². The van der Waals surface area contributed by atoms with Gasteiger partial charge in [0.15, 0.2) is 0 Å². The maximum absolute atomic E-state index is 12.5. The van der Waals surface area contributed by atoms with Gasteiger partial charge in [-0.1, -0.05) is 12.1 Å². The van der Waals surface area contributed by atoms with E-state index in [1.807, 2.05) is 12.1 Å². The minimum Gasteiger partial charge on any atom is -0.377 e. The summed E-state index contributed by atoms with van der Waals surface area (Å²) in [6.45, 7) is 1.14. The number of aryl methyl sites for hydroxylation is 1. The SMILES string of the molecule is CN(CC1CCCCO1)S(=O)(=O)c1ccc(CCCl)cc1. The number of hydrogen-bond acceptors (Lipinski definition) is 3. The number of sulfonamides is 1. The van der Waals surface area contributed by atoms with Gasteiger partial charge in [0.2, 0.25) is 10.0 Å². The van der Waals surface area contributed by atoms with Gasteiger partial charge >= 0.3 is 0 Å². The highest BCUT2D eigenvalue weighted by atomic mass is 35.5. The second-order valence-electron chi connectivity index (χ2n) is 5.36. The van der Waals surface area contributed by atoms with Gasteiger partial charge in [-0.2, -0.15) is 4.31 Å². The third kappa shape index (κ3) is 4.42. The van der Waals surface area contributed by atoms with E-state index in [1.54, 1.807) is 19.2 Å². The van der Waals surface area contributed by atoms with Crippen LogP contribution >= 0.6 is 11.6 Å². The molecule has 1 atom stereocenters. The zero-order chi connectivity index (χ0) is 15.3. The van der Waals surface area contributed by atoms with Crippen molar-refractivity contribution in [2.24, 2.45) is 0 Å². The Morgan fingerprint density at radius 2 is 2.00 bits per heavy atom. The molecule has 4 nitrogen and oxygen atoms in total. The van der Waals surface area contributed by atoms with Crippen LogP contribution in [0.5, 0.6) is 0 Å². The van der Waals surface area contributed by atoms with Crippen molar-refractivity contribution in [2.75, 3.05) is 26.1 Å². The first-order valence-electron chi connectivity index (χ1n) is 7.27. The summed E-state index contributed by atoms with van der Waals surface area (Å²) in [5.74, 6) is 0.533. The molecular formula is C15H22ClNO3S. The van der Waals surface area contributed by atoms with Gasteiger partial charge in [-0.05, 0) is 43.4 Å². The van der Waals surface area contributed by atoms with E-state index in [9.17, 15) is 8.42 Å². The molecule has 21 heavy (non-hydrogen) atoms. The lowest BCUT2D eigenvalue weighted by Gasteiger charge is -2.27. The summed E-state index contributed by atoms with van der Waals surface area (Å²) in [7, 11) is -1.84. The van der Waals surface area contributed by atoms with Crippen LogP contribution in [0.15, 0.2) is 29.2 Å². The number of ether oxygens (including phenoxy) is 1. The zero-order valence-corrected chi connectivity index (χ0v) is 13.9. The summed E-state index contributed by atoms with van der Waals surface area (Å²) in [5, 5.41) is 0. The fourth-order valence-electron chi connectivity index (χ4n) is 2.45. The molecule has 0 amide bonds. The largest absolute Gasteiger partial charge is 0.377 e. The maximum Gasteiger partial charge on any atom is 0.242 e. The molecule has 1 heterocycles. The number of hydrogen-bond donors (Lipinski definition) is 0. The average molecular weight is 332 g/mol. The van der Waals surface area contributed by atoms with Crippen molar-refractivity contribution in [1.29, 1.82) is 0 Å². The number of halogens is 1. The fraction of sp³-hybridized carbons (Fsp3) is 0.600. The molecule has 0 bridgehead atoms. The number of nitrogens with zero attached hydrogens (tertiary/aromatic N) is 1. The normalized spacial score (nSPS) is 19.9. The van der Waals surface area contributed by atoms with E-state index in [4.69, 9.17) is 16.3 Å². The third-order valence-electron chi connectivity index (χ3n) is 3.75. The highest BCUT2D eigenvalue weighted by Gasteiger charge is 2.25. The van der Waals surface area contributed by atoms with Crippen LogP contribution in [-0.4, -0.2) is 44.9 Å². The van der Waals surface area contributed by atoms with Gasteiger partial charge in [0, 0.05) is 26.1 Å². The lowest BCUT2D eigenvalue weighted by Crippen LogP contribution is -2.37. The van der Waals surface area contributed by atoms with Crippen LogP contribution in [0.4, 0.5) is 0 Å². The van der Waals surface area contributed by atoms with Gasteiger partial charge in [0.25, 0.3) is 0 Å². The number of rotatable bonds is 6. The Morgan fingerprint density at radius 3 is 2.57 bits per heavy atom. The number of benzene rings is 1. The molecule has 0 spiro atoms. The van der Waals surface area contributed by atoms with Crippen molar-refractivity contribution in [1.82, 2.24) is 4.31 Å². The molecule has 2 rings (SSSR count). The monoisotopic (exact) mass is 331 g/mol. The van der Waals surface area contributed by atoms with Gasteiger partial charge < -0.3 is 4.74 Å². The summed E-state index contributed by atoms with van der Waals surface area (Å²) in [6.07, 6.45) is 3.84. The van der Waals surface area contributed by atoms with E-state index >= 15 is 0 Å². The van der Waals surface area contributed by atoms with Gasteiger partial charge in [-0.15, -0.1) is 11.6 Å². The molecule has 0 aromatic heterocycles. The van der Waals surface area contributed by atoms with E-state index in [2.05, 4.69) is 0 Å². The summed E-state index contributed by atoms with van der Waals surface area (Å²) in [4.78, 5) is 0.319. The second-order valence-corrected chi connectivity index (χ2v) is 7.78. The van der Waals surface area contributed by atoms with Crippen LogP contribution < -0.4 is 0 Å². The minimum absolute atomic E-state index is 0.00838. The summed E-state index contributed by atoms with van der Waals surface area (Å²) in [5.41, 5.74) is 1.04. The average Bonchev–Trinajstić information content (AvgIpc) is 2.49. The van der Waals surface area contributed by atoms with Crippen LogP contribution in [-0.2, 0) is 21.2 Å². The van der Waals surface area contributed by atoms with Gasteiger partial charge in [-0.3, -0.25) is 0 Å². The van der Waals surface area contributed by atoms with Crippen LogP contribution in [0.25, 0.3) is 0 Å². The Balaban J connectivity index is 2.05. The molecule has 1 aliphatic rings. The predicted molar refractivity (Wildman–Crippen MR) is 84.3 cm³/mol. The Bertz CT molecular complexity index is 539. The minimum atomic E-state index is -3.45. The molecule has 0 aliphatic carbocycles. The van der Waals surface area contributed by atoms with E-state index in [0.717, 1.165) is 37.9 Å².